The van der Waals surface area contributed by atoms with Gasteiger partial charge in [0.1, 0.15) is 5.52 Å². The van der Waals surface area contributed by atoms with E-state index in [9.17, 15) is 9.59 Å². The Bertz CT molecular complexity index is 1290. The molecule has 156 valence electrons. The van der Waals surface area contributed by atoms with Crippen molar-refractivity contribution in [1.82, 2.24) is 19.6 Å². The zero-order chi connectivity index (χ0) is 21.5. The van der Waals surface area contributed by atoms with Gasteiger partial charge in [-0.25, -0.2) is 4.98 Å². The van der Waals surface area contributed by atoms with E-state index >= 15 is 0 Å². The maximum absolute atomic E-state index is 12.4. The number of imide groups is 1. The quantitative estimate of drug-likeness (QED) is 0.347. The lowest BCUT2D eigenvalue weighted by Gasteiger charge is -2.14. The van der Waals surface area contributed by atoms with E-state index in [0.717, 1.165) is 32.7 Å². The zero-order valence-corrected chi connectivity index (χ0v) is 17.4. The number of fused-ring (bicyclic) bond motifs is 4. The van der Waals surface area contributed by atoms with Crippen LogP contribution in [0.2, 0.25) is 0 Å². The maximum atomic E-state index is 12.4. The molecule has 31 heavy (non-hydrogen) atoms. The Morgan fingerprint density at radius 1 is 0.968 bits per heavy atom. The Morgan fingerprint density at radius 2 is 1.65 bits per heavy atom. The van der Waals surface area contributed by atoms with Crippen LogP contribution in [0, 0.1) is 0 Å². The van der Waals surface area contributed by atoms with Crippen molar-refractivity contribution >= 4 is 33.8 Å². The molecule has 0 saturated carbocycles. The van der Waals surface area contributed by atoms with Crippen molar-refractivity contribution in [2.45, 2.75) is 32.7 Å². The van der Waals surface area contributed by atoms with Crippen molar-refractivity contribution in [3.8, 4) is 0 Å². The second-order valence-corrected chi connectivity index (χ2v) is 7.94. The van der Waals surface area contributed by atoms with Crippen molar-refractivity contribution in [1.29, 1.82) is 0 Å². The van der Waals surface area contributed by atoms with Gasteiger partial charge in [0, 0.05) is 11.9 Å². The fourth-order valence-corrected chi connectivity index (χ4v) is 4.05. The molecule has 2 aromatic heterocycles. The summed E-state index contributed by atoms with van der Waals surface area (Å²) in [5, 5.41) is 1.92. The minimum atomic E-state index is -0.410. The molecule has 0 aliphatic carbocycles. The van der Waals surface area contributed by atoms with Crippen molar-refractivity contribution in [2.24, 2.45) is 0 Å². The molecule has 7 nitrogen and oxygen atoms in total. The van der Waals surface area contributed by atoms with Crippen LogP contribution in [0.25, 0.3) is 21.9 Å². The highest BCUT2D eigenvalue weighted by molar-refractivity contribution is 6.20. The Kier molecular flexibility index (Phi) is 4.75. The molecule has 0 fully saturated rings. The number of nitrogens with zero attached hydrogens (tertiary/aromatic N) is 4. The average Bonchev–Trinajstić information content (AvgIpc) is 3.31. The number of para-hydroxylation sites is 1. The third-order valence-corrected chi connectivity index (χ3v) is 5.55. The summed E-state index contributed by atoms with van der Waals surface area (Å²) in [6, 6.07) is 14.8. The molecule has 0 unspecified atom stereocenters. The van der Waals surface area contributed by atoms with Crippen LogP contribution < -0.4 is 0 Å². The van der Waals surface area contributed by atoms with Crippen LogP contribution >= 0.6 is 0 Å². The molecule has 7 heteroatoms. The van der Waals surface area contributed by atoms with Gasteiger partial charge in [-0.1, -0.05) is 44.2 Å². The van der Waals surface area contributed by atoms with Crippen LogP contribution in [0.5, 0.6) is 0 Å². The number of carbonyl (C=O) groups excluding carboxylic acids is 2. The predicted molar refractivity (Wildman–Crippen MR) is 117 cm³/mol. The van der Waals surface area contributed by atoms with E-state index in [2.05, 4.69) is 29.5 Å². The van der Waals surface area contributed by atoms with Gasteiger partial charge < -0.3 is 4.57 Å². The van der Waals surface area contributed by atoms with Crippen molar-refractivity contribution in [2.75, 3.05) is 6.61 Å². The Labute approximate surface area is 179 Å². The van der Waals surface area contributed by atoms with E-state index < -0.39 is 11.8 Å². The number of hydrogen-bond acceptors (Lipinski definition) is 5. The van der Waals surface area contributed by atoms with E-state index in [1.165, 1.54) is 0 Å². The van der Waals surface area contributed by atoms with Gasteiger partial charge in [0.15, 0.2) is 0 Å². The molecular weight excluding hydrogens is 392 g/mol. The molecule has 1 aliphatic heterocycles. The number of aromatic nitrogens is 3. The lowest BCUT2D eigenvalue weighted by Crippen LogP contribution is -2.30. The molecule has 2 amide bonds. The van der Waals surface area contributed by atoms with Crippen LogP contribution in [-0.2, 0) is 11.4 Å². The highest BCUT2D eigenvalue weighted by atomic mass is 16.7. The fraction of sp³-hybridized carbons (Fsp3) is 0.250. The largest absolute Gasteiger partial charge is 0.330 e. The van der Waals surface area contributed by atoms with E-state index in [1.54, 1.807) is 24.3 Å². The number of hydroxylamine groups is 2. The molecular formula is C24H22N4O3. The van der Waals surface area contributed by atoms with Gasteiger partial charge in [-0.2, -0.15) is 0 Å². The Morgan fingerprint density at radius 3 is 2.35 bits per heavy atom. The number of benzene rings is 2. The number of amides is 2. The van der Waals surface area contributed by atoms with Gasteiger partial charge in [-0.3, -0.25) is 19.4 Å². The van der Waals surface area contributed by atoms with Crippen LogP contribution in [0.4, 0.5) is 0 Å². The molecule has 1 aliphatic rings. The number of imidazole rings is 1. The highest BCUT2D eigenvalue weighted by Gasteiger charge is 2.36. The molecule has 5 rings (SSSR count). The molecule has 0 N–H and O–H groups in total. The number of pyridine rings is 1. The molecule has 2 aromatic carbocycles. The summed E-state index contributed by atoms with van der Waals surface area (Å²) >= 11 is 0. The molecule has 0 atom stereocenters. The lowest BCUT2D eigenvalue weighted by atomic mass is 10.1. The standard InChI is InChI=1S/C24H22N4O3/c1-15(2)20-21-22(18-10-5-6-11-19(18)26-20)27(14-25-21)12-7-13-31-28-23(29)16-8-3-4-9-17(16)24(28)30/h3-6,8-11,14-15H,7,12-13H2,1-2H3. The second kappa shape index (κ2) is 7.59. The number of hydrogen-bond donors (Lipinski definition) is 0. The van der Waals surface area contributed by atoms with E-state index in [4.69, 9.17) is 9.82 Å². The van der Waals surface area contributed by atoms with Crippen molar-refractivity contribution in [3.05, 3.63) is 71.7 Å². The van der Waals surface area contributed by atoms with Gasteiger partial charge in [0.2, 0.25) is 0 Å². The summed E-state index contributed by atoms with van der Waals surface area (Å²) < 4.78 is 2.09. The number of aryl methyl sites for hydroxylation is 1. The molecule has 0 spiro atoms. The minimum Gasteiger partial charge on any atom is -0.330 e. The summed E-state index contributed by atoms with van der Waals surface area (Å²) in [4.78, 5) is 39.8. The third kappa shape index (κ3) is 3.18. The zero-order valence-electron chi connectivity index (χ0n) is 17.4. The van der Waals surface area contributed by atoms with Gasteiger partial charge in [0.25, 0.3) is 11.8 Å². The van der Waals surface area contributed by atoms with Crippen molar-refractivity contribution < 1.29 is 14.4 Å². The summed E-state index contributed by atoms with van der Waals surface area (Å²) in [5.74, 6) is -0.563. The Hall–Kier alpha value is -3.58. The molecule has 3 heterocycles. The summed E-state index contributed by atoms with van der Waals surface area (Å²) in [6.07, 6.45) is 2.44. The van der Waals surface area contributed by atoms with Crippen LogP contribution in [0.3, 0.4) is 0 Å². The summed E-state index contributed by atoms with van der Waals surface area (Å²) in [7, 11) is 0. The highest BCUT2D eigenvalue weighted by Crippen LogP contribution is 2.29. The molecule has 4 aromatic rings. The first-order valence-corrected chi connectivity index (χ1v) is 10.4. The molecule has 0 bridgehead atoms. The minimum absolute atomic E-state index is 0.241. The monoisotopic (exact) mass is 414 g/mol. The van der Waals surface area contributed by atoms with Gasteiger partial charge >= 0.3 is 0 Å². The predicted octanol–water partition coefficient (Wildman–Crippen LogP) is 4.33. The van der Waals surface area contributed by atoms with Crippen LogP contribution in [0.15, 0.2) is 54.9 Å². The first-order valence-electron chi connectivity index (χ1n) is 10.4. The first-order chi connectivity index (χ1) is 15.1. The molecule has 0 saturated heterocycles. The normalized spacial score (nSPS) is 13.7. The Balaban J connectivity index is 1.34. The van der Waals surface area contributed by atoms with Crippen molar-refractivity contribution in [3.63, 3.8) is 0 Å². The van der Waals surface area contributed by atoms with Crippen LogP contribution in [-0.4, -0.2) is 38.0 Å². The fourth-order valence-electron chi connectivity index (χ4n) is 4.05. The maximum Gasteiger partial charge on any atom is 0.285 e. The summed E-state index contributed by atoms with van der Waals surface area (Å²) in [5.41, 5.74) is 4.66. The molecule has 0 radical (unpaired) electrons. The van der Waals surface area contributed by atoms with Gasteiger partial charge in [-0.15, -0.1) is 5.06 Å². The smallest absolute Gasteiger partial charge is 0.285 e. The second-order valence-electron chi connectivity index (χ2n) is 7.94. The van der Waals surface area contributed by atoms with E-state index in [-0.39, 0.29) is 12.5 Å². The van der Waals surface area contributed by atoms with E-state index in [1.807, 2.05) is 24.5 Å². The lowest BCUT2D eigenvalue weighted by molar-refractivity contribution is -0.0925. The number of rotatable bonds is 6. The third-order valence-electron chi connectivity index (χ3n) is 5.55. The number of carbonyl (C=O) groups is 2. The SMILES string of the molecule is CC(C)c1nc2ccccc2c2c1ncn2CCCON1C(=O)c2ccccc2C1=O. The summed E-state index contributed by atoms with van der Waals surface area (Å²) in [6.45, 7) is 5.12. The van der Waals surface area contributed by atoms with Gasteiger partial charge in [-0.05, 0) is 30.5 Å². The average molecular weight is 414 g/mol. The topological polar surface area (TPSA) is 77.3 Å². The van der Waals surface area contributed by atoms with E-state index in [0.29, 0.717) is 24.1 Å². The first kappa shape index (κ1) is 19.4. The van der Waals surface area contributed by atoms with Crippen LogP contribution in [0.1, 0.15) is 52.6 Å². The van der Waals surface area contributed by atoms with Gasteiger partial charge in [0.05, 0.1) is 40.8 Å².